The Morgan fingerprint density at radius 3 is 2.81 bits per heavy atom. The fourth-order valence-corrected chi connectivity index (χ4v) is 4.17. The molecule has 2 heterocycles. The lowest BCUT2D eigenvalue weighted by Crippen LogP contribution is -2.48. The van der Waals surface area contributed by atoms with Crippen LogP contribution in [0.5, 0.6) is 5.75 Å². The van der Waals surface area contributed by atoms with Gasteiger partial charge in [0.25, 0.3) is 5.91 Å². The van der Waals surface area contributed by atoms with Crippen molar-refractivity contribution in [1.29, 1.82) is 0 Å². The molecule has 26 heavy (non-hydrogen) atoms. The van der Waals surface area contributed by atoms with Crippen molar-refractivity contribution in [3.05, 3.63) is 29.3 Å². The third kappa shape index (κ3) is 3.18. The van der Waals surface area contributed by atoms with E-state index in [0.29, 0.717) is 13.2 Å². The third-order valence-electron chi connectivity index (χ3n) is 5.69. The predicted molar refractivity (Wildman–Crippen MR) is 95.9 cm³/mol. The van der Waals surface area contributed by atoms with Gasteiger partial charge in [-0.05, 0) is 31.4 Å². The molecule has 3 aliphatic rings. The Morgan fingerprint density at radius 1 is 1.27 bits per heavy atom. The summed E-state index contributed by atoms with van der Waals surface area (Å²) in [5.74, 6) is 0.656. The molecule has 1 N–H and O–H groups in total. The second-order valence-corrected chi connectivity index (χ2v) is 7.68. The number of aryl methyl sites for hydroxylation is 1. The van der Waals surface area contributed by atoms with Gasteiger partial charge in [-0.25, -0.2) is 4.79 Å². The molecule has 0 aromatic heterocycles. The van der Waals surface area contributed by atoms with Gasteiger partial charge in [-0.3, -0.25) is 9.69 Å². The maximum Gasteiger partial charge on any atom is 0.325 e. The first-order valence-electron chi connectivity index (χ1n) is 9.55. The number of benzene rings is 1. The number of hydrogen-bond donors (Lipinski definition) is 1. The number of carbonyl (C=O) groups excluding carboxylic acids is 2. The number of ether oxygens (including phenoxy) is 2. The van der Waals surface area contributed by atoms with Gasteiger partial charge in [0.05, 0.1) is 19.8 Å². The van der Waals surface area contributed by atoms with Gasteiger partial charge in [0.1, 0.15) is 17.4 Å². The highest BCUT2D eigenvalue weighted by Crippen LogP contribution is 2.35. The molecule has 2 aliphatic heterocycles. The van der Waals surface area contributed by atoms with Crippen LogP contribution in [0.3, 0.4) is 0 Å². The Balaban J connectivity index is 1.54. The monoisotopic (exact) mass is 358 g/mol. The van der Waals surface area contributed by atoms with Crippen molar-refractivity contribution < 1.29 is 19.1 Å². The number of amides is 3. The minimum atomic E-state index is -0.680. The van der Waals surface area contributed by atoms with Crippen molar-refractivity contribution in [3.63, 3.8) is 0 Å². The zero-order valence-corrected chi connectivity index (χ0v) is 15.3. The van der Waals surface area contributed by atoms with Crippen molar-refractivity contribution in [2.45, 2.75) is 63.6 Å². The first-order valence-corrected chi connectivity index (χ1v) is 9.55. The molecule has 3 fully saturated rings. The Hall–Kier alpha value is -2.08. The summed E-state index contributed by atoms with van der Waals surface area (Å²) < 4.78 is 11.5. The number of urea groups is 1. The largest absolute Gasteiger partial charge is 0.488 e. The minimum absolute atomic E-state index is 0.0309. The van der Waals surface area contributed by atoms with Crippen LogP contribution < -0.4 is 10.1 Å². The van der Waals surface area contributed by atoms with E-state index in [4.69, 9.17) is 9.47 Å². The second-order valence-electron chi connectivity index (χ2n) is 7.68. The predicted octanol–water partition coefficient (Wildman–Crippen LogP) is 2.92. The van der Waals surface area contributed by atoms with Crippen molar-refractivity contribution in [2.75, 3.05) is 13.2 Å². The SMILES string of the molecule is Cc1ccc(CN2C(=O)NC3(CCCCC3)C2=O)c(OC2CCOC2)c1. The summed E-state index contributed by atoms with van der Waals surface area (Å²) >= 11 is 0. The fraction of sp³-hybridized carbons (Fsp3) is 0.600. The van der Waals surface area contributed by atoms with E-state index in [9.17, 15) is 9.59 Å². The lowest BCUT2D eigenvalue weighted by atomic mass is 9.82. The molecule has 6 heteroatoms. The molecule has 6 nitrogen and oxygen atoms in total. The first kappa shape index (κ1) is 17.3. The molecule has 1 spiro atoms. The van der Waals surface area contributed by atoms with Crippen LogP contribution in [0.25, 0.3) is 0 Å². The van der Waals surface area contributed by atoms with E-state index >= 15 is 0 Å². The van der Waals surface area contributed by atoms with Crippen LogP contribution in [0.1, 0.15) is 49.7 Å². The normalized spacial score (nSPS) is 25.0. The molecule has 0 bridgehead atoms. The Labute approximate surface area is 153 Å². The third-order valence-corrected chi connectivity index (χ3v) is 5.69. The zero-order valence-electron chi connectivity index (χ0n) is 15.3. The highest BCUT2D eigenvalue weighted by atomic mass is 16.5. The number of imide groups is 1. The van der Waals surface area contributed by atoms with Crippen molar-refractivity contribution >= 4 is 11.9 Å². The van der Waals surface area contributed by atoms with E-state index in [-0.39, 0.29) is 24.6 Å². The van der Waals surface area contributed by atoms with E-state index in [1.54, 1.807) is 0 Å². The Morgan fingerprint density at radius 2 is 2.08 bits per heavy atom. The van der Waals surface area contributed by atoms with Gasteiger partial charge < -0.3 is 14.8 Å². The molecule has 1 aromatic rings. The summed E-state index contributed by atoms with van der Waals surface area (Å²) in [4.78, 5) is 26.9. The first-order chi connectivity index (χ1) is 12.6. The lowest BCUT2D eigenvalue weighted by Gasteiger charge is -2.30. The van der Waals surface area contributed by atoms with Crippen molar-refractivity contribution in [2.24, 2.45) is 0 Å². The van der Waals surface area contributed by atoms with E-state index in [1.165, 1.54) is 4.90 Å². The molecule has 1 aromatic carbocycles. The lowest BCUT2D eigenvalue weighted by molar-refractivity contribution is -0.132. The van der Waals surface area contributed by atoms with Gasteiger partial charge >= 0.3 is 6.03 Å². The van der Waals surface area contributed by atoms with Gasteiger partial charge in [0.15, 0.2) is 0 Å². The van der Waals surface area contributed by atoms with Crippen molar-refractivity contribution in [1.82, 2.24) is 10.2 Å². The summed E-state index contributed by atoms with van der Waals surface area (Å²) in [7, 11) is 0. The second kappa shape index (κ2) is 6.91. The summed E-state index contributed by atoms with van der Waals surface area (Å²) in [6.45, 7) is 3.54. The maximum absolute atomic E-state index is 13.0. The Bertz CT molecular complexity index is 706. The molecule has 140 valence electrons. The van der Waals surface area contributed by atoms with Gasteiger partial charge in [0.2, 0.25) is 0 Å². The van der Waals surface area contributed by atoms with Gasteiger partial charge in [-0.15, -0.1) is 0 Å². The molecule has 0 radical (unpaired) electrons. The van der Waals surface area contributed by atoms with Crippen LogP contribution in [0.15, 0.2) is 18.2 Å². The molecular formula is C20H26N2O4. The number of carbonyl (C=O) groups is 2. The van der Waals surface area contributed by atoms with Gasteiger partial charge in [-0.1, -0.05) is 31.4 Å². The summed E-state index contributed by atoms with van der Waals surface area (Å²) in [5.41, 5.74) is 1.27. The number of hydrogen-bond acceptors (Lipinski definition) is 4. The van der Waals surface area contributed by atoms with Crippen LogP contribution >= 0.6 is 0 Å². The average molecular weight is 358 g/mol. The number of nitrogens with one attached hydrogen (secondary N) is 1. The molecule has 1 unspecified atom stereocenters. The van der Waals surface area contributed by atoms with Gasteiger partial charge in [0, 0.05) is 12.0 Å². The van der Waals surface area contributed by atoms with Crippen molar-refractivity contribution in [3.8, 4) is 5.75 Å². The topological polar surface area (TPSA) is 67.9 Å². The molecule has 2 saturated heterocycles. The zero-order chi connectivity index (χ0) is 18.1. The quantitative estimate of drug-likeness (QED) is 0.841. The Kier molecular flexibility index (Phi) is 4.61. The van der Waals surface area contributed by atoms with E-state index in [1.807, 2.05) is 25.1 Å². The smallest absolute Gasteiger partial charge is 0.325 e. The highest BCUT2D eigenvalue weighted by molar-refractivity contribution is 6.07. The van der Waals surface area contributed by atoms with Crippen LogP contribution in [0.2, 0.25) is 0 Å². The molecular weight excluding hydrogens is 332 g/mol. The average Bonchev–Trinajstić information content (AvgIpc) is 3.21. The van der Waals surface area contributed by atoms with Crippen LogP contribution in [0, 0.1) is 6.92 Å². The minimum Gasteiger partial charge on any atom is -0.488 e. The van der Waals surface area contributed by atoms with E-state index < -0.39 is 5.54 Å². The van der Waals surface area contributed by atoms with Gasteiger partial charge in [-0.2, -0.15) is 0 Å². The summed E-state index contributed by atoms with van der Waals surface area (Å²) in [6, 6.07) is 5.63. The summed E-state index contributed by atoms with van der Waals surface area (Å²) in [5, 5.41) is 2.97. The van der Waals surface area contributed by atoms with Crippen LogP contribution in [-0.2, 0) is 16.1 Å². The van der Waals surface area contributed by atoms with E-state index in [0.717, 1.165) is 55.4 Å². The van der Waals surface area contributed by atoms with Crippen LogP contribution in [-0.4, -0.2) is 41.7 Å². The number of nitrogens with zero attached hydrogens (tertiary/aromatic N) is 1. The van der Waals surface area contributed by atoms with E-state index in [2.05, 4.69) is 5.32 Å². The highest BCUT2D eigenvalue weighted by Gasteiger charge is 2.51. The molecule has 1 aliphatic carbocycles. The fourth-order valence-electron chi connectivity index (χ4n) is 4.17. The summed E-state index contributed by atoms with van der Waals surface area (Å²) in [6.07, 6.45) is 5.48. The molecule has 1 saturated carbocycles. The molecule has 3 amide bonds. The standard InChI is InChI=1S/C20H26N2O4/c1-14-5-6-15(17(11-14)26-16-7-10-25-13-16)12-22-18(23)20(21-19(22)24)8-3-2-4-9-20/h5-6,11,16H,2-4,7-10,12-13H2,1H3,(H,21,24). The molecule has 4 rings (SSSR count). The molecule has 1 atom stereocenters. The maximum atomic E-state index is 13.0. The number of rotatable bonds is 4. The van der Waals surface area contributed by atoms with Crippen LogP contribution in [0.4, 0.5) is 4.79 Å².